The molecule has 1 saturated heterocycles. The van der Waals surface area contributed by atoms with E-state index in [9.17, 15) is 18.0 Å². The van der Waals surface area contributed by atoms with Gasteiger partial charge in [-0.05, 0) is 42.5 Å². The number of sulfonamides is 1. The van der Waals surface area contributed by atoms with Crippen LogP contribution >= 0.6 is 11.3 Å². The molecule has 0 saturated carbocycles. The van der Waals surface area contributed by atoms with Crippen LogP contribution < -0.4 is 4.74 Å². The van der Waals surface area contributed by atoms with Gasteiger partial charge in [-0.25, -0.2) is 13.2 Å². The first-order chi connectivity index (χ1) is 15.3. The summed E-state index contributed by atoms with van der Waals surface area (Å²) in [7, 11) is -0.812. The molecule has 1 aliphatic rings. The maximum absolute atomic E-state index is 13.2. The van der Waals surface area contributed by atoms with Gasteiger partial charge in [-0.2, -0.15) is 4.31 Å². The molecule has 0 aliphatic carbocycles. The fourth-order valence-electron chi connectivity index (χ4n) is 3.47. The summed E-state index contributed by atoms with van der Waals surface area (Å²) in [6.07, 6.45) is 3.57. The van der Waals surface area contributed by atoms with E-state index >= 15 is 0 Å². The number of esters is 1. The molecule has 1 aliphatic heterocycles. The summed E-state index contributed by atoms with van der Waals surface area (Å²) in [5, 5.41) is 1.93. The number of hydrogen-bond acceptors (Lipinski definition) is 7. The summed E-state index contributed by atoms with van der Waals surface area (Å²) in [5.74, 6) is -0.951. The Balaban J connectivity index is 1.71. The smallest absolute Gasteiger partial charge is 0.338 e. The van der Waals surface area contributed by atoms with Crippen LogP contribution in [0, 0.1) is 0 Å². The minimum atomic E-state index is -3.83. The van der Waals surface area contributed by atoms with E-state index in [2.05, 4.69) is 0 Å². The first-order valence-electron chi connectivity index (χ1n) is 10.4. The molecule has 0 atom stereocenters. The minimum Gasteiger partial charge on any atom is -0.495 e. The van der Waals surface area contributed by atoms with Crippen molar-refractivity contribution in [3.05, 3.63) is 46.2 Å². The van der Waals surface area contributed by atoms with Gasteiger partial charge >= 0.3 is 5.97 Å². The Kier molecular flexibility index (Phi) is 8.27. The Hall–Kier alpha value is -2.43. The number of rotatable bonds is 8. The Bertz CT molecular complexity index is 1030. The van der Waals surface area contributed by atoms with Crippen LogP contribution in [0.5, 0.6) is 5.75 Å². The van der Waals surface area contributed by atoms with Crippen LogP contribution in [0.4, 0.5) is 0 Å². The molecule has 1 aromatic heterocycles. The standard InChI is InChI=1S/C22H28N2O6S2/c1-23(15-18-8-7-13-31-18)21(25)16-30-22(26)17-9-10-19(29-2)20(14-17)32(27,28)24-11-5-3-4-6-12-24/h7-10,13-14H,3-6,11-12,15-16H2,1-2H3. The van der Waals surface area contributed by atoms with Crippen LogP contribution in [0.15, 0.2) is 40.6 Å². The lowest BCUT2D eigenvalue weighted by molar-refractivity contribution is -0.133. The van der Waals surface area contributed by atoms with Crippen LogP contribution in [-0.4, -0.2) is 63.4 Å². The molecule has 3 rings (SSSR count). The average molecular weight is 481 g/mol. The zero-order chi connectivity index (χ0) is 23.1. The fraction of sp³-hybridized carbons (Fsp3) is 0.455. The van der Waals surface area contributed by atoms with E-state index in [0.29, 0.717) is 19.6 Å². The molecule has 32 heavy (non-hydrogen) atoms. The second-order valence-electron chi connectivity index (χ2n) is 7.59. The van der Waals surface area contributed by atoms with Gasteiger partial charge in [-0.1, -0.05) is 18.9 Å². The lowest BCUT2D eigenvalue weighted by Gasteiger charge is -2.21. The molecular formula is C22H28N2O6S2. The highest BCUT2D eigenvalue weighted by atomic mass is 32.2. The lowest BCUT2D eigenvalue weighted by atomic mass is 10.2. The Morgan fingerprint density at radius 1 is 1.12 bits per heavy atom. The molecule has 1 fully saturated rings. The van der Waals surface area contributed by atoms with Gasteiger partial charge in [0.1, 0.15) is 10.6 Å². The van der Waals surface area contributed by atoms with Gasteiger partial charge < -0.3 is 14.4 Å². The Morgan fingerprint density at radius 2 is 1.84 bits per heavy atom. The molecule has 0 unspecified atom stereocenters. The number of benzene rings is 1. The molecule has 2 heterocycles. The summed E-state index contributed by atoms with van der Waals surface area (Å²) in [5.41, 5.74) is 0.0490. The van der Waals surface area contributed by atoms with Gasteiger partial charge in [0.2, 0.25) is 10.0 Å². The fourth-order valence-corrected chi connectivity index (χ4v) is 5.93. The highest BCUT2D eigenvalue weighted by molar-refractivity contribution is 7.89. The monoisotopic (exact) mass is 480 g/mol. The van der Waals surface area contributed by atoms with Crippen molar-refractivity contribution in [2.45, 2.75) is 37.1 Å². The normalized spacial score (nSPS) is 15.1. The topological polar surface area (TPSA) is 93.2 Å². The average Bonchev–Trinajstić information content (AvgIpc) is 3.14. The van der Waals surface area contributed by atoms with Crippen LogP contribution in [0.1, 0.15) is 40.9 Å². The molecule has 0 spiro atoms. The van der Waals surface area contributed by atoms with Crippen molar-refractivity contribution in [1.82, 2.24) is 9.21 Å². The molecule has 0 radical (unpaired) electrons. The number of amides is 1. The van der Waals surface area contributed by atoms with E-state index in [1.54, 1.807) is 7.05 Å². The highest BCUT2D eigenvalue weighted by Gasteiger charge is 2.29. The maximum atomic E-state index is 13.2. The third kappa shape index (κ3) is 5.87. The van der Waals surface area contributed by atoms with E-state index in [1.807, 2.05) is 17.5 Å². The third-order valence-corrected chi connectivity index (χ3v) is 8.09. The number of ether oxygens (including phenoxy) is 2. The van der Waals surface area contributed by atoms with Crippen molar-refractivity contribution in [2.24, 2.45) is 0 Å². The number of likely N-dealkylation sites (N-methyl/N-ethyl adjacent to an activating group) is 1. The van der Waals surface area contributed by atoms with Crippen molar-refractivity contribution in [2.75, 3.05) is 33.9 Å². The number of carbonyl (C=O) groups excluding carboxylic acids is 2. The first kappa shape index (κ1) is 24.2. The molecule has 10 heteroatoms. The van der Waals surface area contributed by atoms with Crippen molar-refractivity contribution in [1.29, 1.82) is 0 Å². The van der Waals surface area contributed by atoms with Crippen LogP contribution in [0.3, 0.4) is 0 Å². The summed E-state index contributed by atoms with van der Waals surface area (Å²) in [6.45, 7) is 0.867. The van der Waals surface area contributed by atoms with Gasteiger partial charge in [0, 0.05) is 25.0 Å². The third-order valence-electron chi connectivity index (χ3n) is 5.31. The van der Waals surface area contributed by atoms with E-state index in [4.69, 9.17) is 9.47 Å². The summed E-state index contributed by atoms with van der Waals surface area (Å²) in [6, 6.07) is 7.96. The summed E-state index contributed by atoms with van der Waals surface area (Å²) in [4.78, 5) is 27.3. The zero-order valence-electron chi connectivity index (χ0n) is 18.3. The predicted octanol–water partition coefficient (Wildman–Crippen LogP) is 3.14. The van der Waals surface area contributed by atoms with E-state index < -0.39 is 22.6 Å². The molecule has 0 bridgehead atoms. The zero-order valence-corrected chi connectivity index (χ0v) is 19.9. The van der Waals surface area contributed by atoms with Crippen LogP contribution in [-0.2, 0) is 26.1 Å². The second kappa shape index (κ2) is 10.9. The molecule has 1 amide bonds. The van der Waals surface area contributed by atoms with Gasteiger partial charge in [0.05, 0.1) is 19.2 Å². The molecule has 8 nitrogen and oxygen atoms in total. The van der Waals surface area contributed by atoms with E-state index in [-0.39, 0.29) is 22.1 Å². The van der Waals surface area contributed by atoms with E-state index in [0.717, 1.165) is 30.6 Å². The number of carbonyl (C=O) groups is 2. The number of hydrogen-bond donors (Lipinski definition) is 0. The van der Waals surface area contributed by atoms with Gasteiger partial charge in [-0.15, -0.1) is 11.3 Å². The van der Waals surface area contributed by atoms with Crippen molar-refractivity contribution in [3.63, 3.8) is 0 Å². The second-order valence-corrected chi connectivity index (χ2v) is 10.5. The predicted molar refractivity (Wildman–Crippen MR) is 121 cm³/mol. The lowest BCUT2D eigenvalue weighted by Crippen LogP contribution is -2.32. The van der Waals surface area contributed by atoms with Gasteiger partial charge in [0.25, 0.3) is 5.91 Å². The van der Waals surface area contributed by atoms with Gasteiger partial charge in [0.15, 0.2) is 6.61 Å². The largest absolute Gasteiger partial charge is 0.495 e. The quantitative estimate of drug-likeness (QED) is 0.539. The Labute approximate surface area is 192 Å². The molecule has 0 N–H and O–H groups in total. The number of nitrogens with zero attached hydrogens (tertiary/aromatic N) is 2. The van der Waals surface area contributed by atoms with Crippen molar-refractivity contribution >= 4 is 33.2 Å². The van der Waals surface area contributed by atoms with Crippen LogP contribution in [0.25, 0.3) is 0 Å². The summed E-state index contributed by atoms with van der Waals surface area (Å²) < 4.78 is 38.3. The van der Waals surface area contributed by atoms with Crippen LogP contribution in [0.2, 0.25) is 0 Å². The number of methoxy groups -OCH3 is 1. The van der Waals surface area contributed by atoms with Crippen molar-refractivity contribution < 1.29 is 27.5 Å². The Morgan fingerprint density at radius 3 is 2.47 bits per heavy atom. The molecule has 2 aromatic rings. The molecule has 1 aromatic carbocycles. The maximum Gasteiger partial charge on any atom is 0.338 e. The van der Waals surface area contributed by atoms with Crippen molar-refractivity contribution in [3.8, 4) is 5.75 Å². The minimum absolute atomic E-state index is 0.0490. The molecular weight excluding hydrogens is 452 g/mol. The first-order valence-corrected chi connectivity index (χ1v) is 12.8. The summed E-state index contributed by atoms with van der Waals surface area (Å²) >= 11 is 1.54. The van der Waals surface area contributed by atoms with Gasteiger partial charge in [-0.3, -0.25) is 4.79 Å². The SMILES string of the molecule is COc1ccc(C(=O)OCC(=O)N(C)Cc2cccs2)cc1S(=O)(=O)N1CCCCCC1. The highest BCUT2D eigenvalue weighted by Crippen LogP contribution is 2.29. The number of thiophene rings is 1. The molecule has 174 valence electrons. The van der Waals surface area contributed by atoms with E-state index in [1.165, 1.54) is 45.9 Å².